The van der Waals surface area contributed by atoms with E-state index in [4.69, 9.17) is 10.5 Å². The lowest BCUT2D eigenvalue weighted by Crippen LogP contribution is -2.21. The molecule has 1 aromatic carbocycles. The van der Waals surface area contributed by atoms with Crippen LogP contribution in [0.3, 0.4) is 0 Å². The topological polar surface area (TPSA) is 78.8 Å². The number of rotatable bonds is 4. The summed E-state index contributed by atoms with van der Waals surface area (Å²) in [6.45, 7) is 5.80. The van der Waals surface area contributed by atoms with Crippen LogP contribution in [0.25, 0.3) is 11.4 Å². The summed E-state index contributed by atoms with van der Waals surface area (Å²) in [6, 6.07) is 5.91. The molecular weight excluding hydrogens is 266 g/mol. The smallest absolute Gasteiger partial charge is 0.182 e. The van der Waals surface area contributed by atoms with Gasteiger partial charge in [0.15, 0.2) is 5.82 Å². The number of anilines is 1. The van der Waals surface area contributed by atoms with Gasteiger partial charge in [-0.1, -0.05) is 6.92 Å². The molecular formula is C15H21N5O. The van der Waals surface area contributed by atoms with Gasteiger partial charge in [0.25, 0.3) is 0 Å². The zero-order valence-electron chi connectivity index (χ0n) is 12.5. The molecule has 0 amide bonds. The van der Waals surface area contributed by atoms with Crippen LogP contribution in [-0.2, 0) is 11.3 Å². The number of nitrogens with two attached hydrogens (primary N) is 1. The SMILES string of the molecule is CCC1OCCC1Cn1nnnc1-c1cc(C)cc(N)c1. The summed E-state index contributed by atoms with van der Waals surface area (Å²) >= 11 is 0. The van der Waals surface area contributed by atoms with Gasteiger partial charge in [-0.05, 0) is 54.0 Å². The monoisotopic (exact) mass is 287 g/mol. The summed E-state index contributed by atoms with van der Waals surface area (Å²) in [7, 11) is 0. The van der Waals surface area contributed by atoms with Crippen molar-refractivity contribution in [3.8, 4) is 11.4 Å². The van der Waals surface area contributed by atoms with Crippen LogP contribution in [0.15, 0.2) is 18.2 Å². The average Bonchev–Trinajstić information content (AvgIpc) is 3.07. The highest BCUT2D eigenvalue weighted by molar-refractivity contribution is 5.62. The van der Waals surface area contributed by atoms with Crippen molar-refractivity contribution < 1.29 is 4.74 Å². The van der Waals surface area contributed by atoms with Gasteiger partial charge in [0.1, 0.15) is 0 Å². The van der Waals surface area contributed by atoms with Crippen LogP contribution in [-0.4, -0.2) is 32.9 Å². The van der Waals surface area contributed by atoms with Crippen LogP contribution in [0.4, 0.5) is 5.69 Å². The van der Waals surface area contributed by atoms with Gasteiger partial charge >= 0.3 is 0 Å². The van der Waals surface area contributed by atoms with Gasteiger partial charge in [0, 0.05) is 23.8 Å². The van der Waals surface area contributed by atoms with Gasteiger partial charge < -0.3 is 10.5 Å². The molecule has 6 nitrogen and oxygen atoms in total. The van der Waals surface area contributed by atoms with Crippen LogP contribution in [0.5, 0.6) is 0 Å². The van der Waals surface area contributed by atoms with Crippen LogP contribution in [0.1, 0.15) is 25.3 Å². The minimum Gasteiger partial charge on any atom is -0.399 e. The molecule has 0 saturated carbocycles. The van der Waals surface area contributed by atoms with Crippen LogP contribution in [0.2, 0.25) is 0 Å². The van der Waals surface area contributed by atoms with Crippen LogP contribution >= 0.6 is 0 Å². The van der Waals surface area contributed by atoms with Crippen LogP contribution in [0, 0.1) is 12.8 Å². The third-order valence-electron chi connectivity index (χ3n) is 4.05. The first-order valence-electron chi connectivity index (χ1n) is 7.42. The number of nitrogen functional groups attached to an aromatic ring is 1. The second-order valence-corrected chi connectivity index (χ2v) is 5.68. The number of tetrazole rings is 1. The van der Waals surface area contributed by atoms with E-state index in [1.54, 1.807) is 0 Å². The number of ether oxygens (including phenoxy) is 1. The molecule has 0 bridgehead atoms. The highest BCUT2D eigenvalue weighted by atomic mass is 16.5. The number of hydrogen-bond donors (Lipinski definition) is 1. The second kappa shape index (κ2) is 5.81. The van der Waals surface area contributed by atoms with Crippen molar-refractivity contribution in [1.29, 1.82) is 0 Å². The number of benzene rings is 1. The first-order chi connectivity index (χ1) is 10.2. The zero-order valence-corrected chi connectivity index (χ0v) is 12.5. The molecule has 3 rings (SSSR count). The largest absolute Gasteiger partial charge is 0.399 e. The molecule has 0 spiro atoms. The van der Waals surface area contributed by atoms with Gasteiger partial charge in [-0.15, -0.1) is 5.10 Å². The molecule has 1 fully saturated rings. The van der Waals surface area contributed by atoms with Crippen molar-refractivity contribution in [2.45, 2.75) is 39.3 Å². The summed E-state index contributed by atoms with van der Waals surface area (Å²) in [5, 5.41) is 12.1. The summed E-state index contributed by atoms with van der Waals surface area (Å²) < 4.78 is 7.62. The summed E-state index contributed by atoms with van der Waals surface area (Å²) in [5.41, 5.74) is 8.73. The zero-order chi connectivity index (χ0) is 14.8. The summed E-state index contributed by atoms with van der Waals surface area (Å²) in [4.78, 5) is 0. The quantitative estimate of drug-likeness (QED) is 0.871. The number of aryl methyl sites for hydroxylation is 1. The van der Waals surface area contributed by atoms with Crippen molar-refractivity contribution in [1.82, 2.24) is 20.2 Å². The molecule has 1 saturated heterocycles. The summed E-state index contributed by atoms with van der Waals surface area (Å²) in [5.74, 6) is 1.24. The van der Waals surface area contributed by atoms with Gasteiger partial charge in [-0.2, -0.15) is 0 Å². The van der Waals surface area contributed by atoms with E-state index in [9.17, 15) is 0 Å². The Morgan fingerprint density at radius 1 is 1.38 bits per heavy atom. The standard InChI is InChI=1S/C15H21N5O/c1-3-14-11(4-5-21-14)9-20-15(17-18-19-20)12-6-10(2)7-13(16)8-12/h6-8,11,14H,3-5,9,16H2,1-2H3. The Labute approximate surface area is 124 Å². The van der Waals surface area contributed by atoms with E-state index in [2.05, 4.69) is 28.5 Å². The third kappa shape index (κ3) is 2.90. The van der Waals surface area contributed by atoms with Crippen molar-refractivity contribution in [3.05, 3.63) is 23.8 Å². The molecule has 2 unspecified atom stereocenters. The van der Waals surface area contributed by atoms with Crippen molar-refractivity contribution >= 4 is 5.69 Å². The van der Waals surface area contributed by atoms with E-state index >= 15 is 0 Å². The molecule has 0 aliphatic carbocycles. The molecule has 1 aliphatic heterocycles. The molecule has 2 atom stereocenters. The number of hydrogen-bond acceptors (Lipinski definition) is 5. The molecule has 2 N–H and O–H groups in total. The van der Waals surface area contributed by atoms with E-state index in [1.807, 2.05) is 23.7 Å². The molecule has 21 heavy (non-hydrogen) atoms. The van der Waals surface area contributed by atoms with E-state index in [1.165, 1.54) is 0 Å². The van der Waals surface area contributed by atoms with Crippen molar-refractivity contribution in [2.24, 2.45) is 5.92 Å². The van der Waals surface area contributed by atoms with Crippen LogP contribution < -0.4 is 5.73 Å². The van der Waals surface area contributed by atoms with Crippen molar-refractivity contribution in [3.63, 3.8) is 0 Å². The third-order valence-corrected chi connectivity index (χ3v) is 4.05. The fourth-order valence-corrected chi connectivity index (χ4v) is 3.05. The molecule has 2 aromatic rings. The Balaban J connectivity index is 1.87. The van der Waals surface area contributed by atoms with Gasteiger partial charge in [0.05, 0.1) is 12.6 Å². The number of aromatic nitrogens is 4. The molecule has 2 heterocycles. The normalized spacial score (nSPS) is 21.8. The van der Waals surface area contributed by atoms with E-state index in [0.717, 1.165) is 48.6 Å². The Hall–Kier alpha value is -1.95. The fraction of sp³-hybridized carbons (Fsp3) is 0.533. The molecule has 0 radical (unpaired) electrons. The Bertz CT molecular complexity index is 604. The minimum atomic E-state index is 0.310. The first-order valence-corrected chi connectivity index (χ1v) is 7.42. The highest BCUT2D eigenvalue weighted by Crippen LogP contribution is 2.27. The predicted molar refractivity (Wildman–Crippen MR) is 80.5 cm³/mol. The van der Waals surface area contributed by atoms with Crippen molar-refractivity contribution in [2.75, 3.05) is 12.3 Å². The Morgan fingerprint density at radius 3 is 3.00 bits per heavy atom. The van der Waals surface area contributed by atoms with E-state index in [0.29, 0.717) is 12.0 Å². The molecule has 112 valence electrons. The fourth-order valence-electron chi connectivity index (χ4n) is 3.05. The first kappa shape index (κ1) is 14.0. The molecule has 1 aromatic heterocycles. The average molecular weight is 287 g/mol. The molecule has 6 heteroatoms. The van der Waals surface area contributed by atoms with Gasteiger partial charge in [-0.3, -0.25) is 0 Å². The van der Waals surface area contributed by atoms with E-state index < -0.39 is 0 Å². The maximum atomic E-state index is 5.92. The van der Waals surface area contributed by atoms with Gasteiger partial charge in [-0.25, -0.2) is 4.68 Å². The highest BCUT2D eigenvalue weighted by Gasteiger charge is 2.28. The summed E-state index contributed by atoms with van der Waals surface area (Å²) in [6.07, 6.45) is 2.40. The Kier molecular flexibility index (Phi) is 3.88. The maximum absolute atomic E-state index is 5.92. The second-order valence-electron chi connectivity index (χ2n) is 5.68. The lowest BCUT2D eigenvalue weighted by Gasteiger charge is -2.17. The molecule has 1 aliphatic rings. The predicted octanol–water partition coefficient (Wildman–Crippen LogP) is 2.05. The maximum Gasteiger partial charge on any atom is 0.182 e. The number of nitrogens with zero attached hydrogens (tertiary/aromatic N) is 4. The van der Waals surface area contributed by atoms with Gasteiger partial charge in [0.2, 0.25) is 0 Å². The lowest BCUT2D eigenvalue weighted by atomic mass is 9.99. The lowest BCUT2D eigenvalue weighted by molar-refractivity contribution is 0.0825. The van der Waals surface area contributed by atoms with E-state index in [-0.39, 0.29) is 0 Å². The minimum absolute atomic E-state index is 0.310. The Morgan fingerprint density at radius 2 is 2.24 bits per heavy atom.